The number of thiocarbonyl (C=S) groups is 1. The fourth-order valence-electron chi connectivity index (χ4n) is 1.98. The molecule has 26 heavy (non-hydrogen) atoms. The van der Waals surface area contributed by atoms with Crippen molar-refractivity contribution in [3.8, 4) is 5.75 Å². The Morgan fingerprint density at radius 2 is 1.65 bits per heavy atom. The summed E-state index contributed by atoms with van der Waals surface area (Å²) in [5, 5.41) is 8.56. The number of hydrogen-bond donors (Lipinski definition) is 3. The lowest BCUT2D eigenvalue weighted by molar-refractivity contribution is 0.0934. The van der Waals surface area contributed by atoms with Crippen molar-refractivity contribution < 1.29 is 9.53 Å². The van der Waals surface area contributed by atoms with Crippen molar-refractivity contribution >= 4 is 63.7 Å². The standard InChI is InChI=1S/C17H16Cl3N3O2S/c1-25-13-9-7-11(8-10-13)14(24)22-15(17(18,19)20)23-16(26)21-12-5-3-2-4-6-12/h2-10,15H,1H3,(H,22,24)(H2,21,23,26). The zero-order valence-electron chi connectivity index (χ0n) is 13.6. The Morgan fingerprint density at radius 1 is 1.04 bits per heavy atom. The number of amides is 1. The highest BCUT2D eigenvalue weighted by molar-refractivity contribution is 7.80. The van der Waals surface area contributed by atoms with Gasteiger partial charge in [0, 0.05) is 11.3 Å². The third-order valence-electron chi connectivity index (χ3n) is 3.26. The molecule has 0 fully saturated rings. The summed E-state index contributed by atoms with van der Waals surface area (Å²) in [4.78, 5) is 12.4. The maximum Gasteiger partial charge on any atom is 0.252 e. The van der Waals surface area contributed by atoms with Gasteiger partial charge in [0.25, 0.3) is 5.91 Å². The van der Waals surface area contributed by atoms with Crippen LogP contribution >= 0.6 is 47.0 Å². The molecule has 0 saturated carbocycles. The summed E-state index contributed by atoms with van der Waals surface area (Å²) in [5.74, 6) is 0.199. The normalized spacial score (nSPS) is 12.0. The van der Waals surface area contributed by atoms with Crippen molar-refractivity contribution in [2.75, 3.05) is 12.4 Å². The summed E-state index contributed by atoms with van der Waals surface area (Å²) in [6.07, 6.45) is -1.05. The van der Waals surface area contributed by atoms with E-state index < -0.39 is 15.9 Å². The quantitative estimate of drug-likeness (QED) is 0.377. The maximum atomic E-state index is 12.4. The molecule has 9 heteroatoms. The molecular formula is C17H16Cl3N3O2S. The van der Waals surface area contributed by atoms with Crippen LogP contribution in [-0.4, -0.2) is 28.1 Å². The molecule has 5 nitrogen and oxygen atoms in total. The van der Waals surface area contributed by atoms with E-state index in [1.165, 1.54) is 0 Å². The highest BCUT2D eigenvalue weighted by Gasteiger charge is 2.34. The van der Waals surface area contributed by atoms with E-state index in [4.69, 9.17) is 51.8 Å². The Morgan fingerprint density at radius 3 is 2.19 bits per heavy atom. The molecule has 138 valence electrons. The predicted octanol–water partition coefficient (Wildman–Crippen LogP) is 4.11. The average Bonchev–Trinajstić information content (AvgIpc) is 2.61. The van der Waals surface area contributed by atoms with Gasteiger partial charge in [-0.05, 0) is 48.6 Å². The van der Waals surface area contributed by atoms with Gasteiger partial charge in [-0.25, -0.2) is 0 Å². The van der Waals surface area contributed by atoms with Gasteiger partial charge in [0.15, 0.2) is 5.11 Å². The zero-order valence-corrected chi connectivity index (χ0v) is 16.7. The van der Waals surface area contributed by atoms with Gasteiger partial charge in [-0.2, -0.15) is 0 Å². The monoisotopic (exact) mass is 431 g/mol. The molecule has 3 N–H and O–H groups in total. The van der Waals surface area contributed by atoms with Gasteiger partial charge in [0.2, 0.25) is 3.79 Å². The number of methoxy groups -OCH3 is 1. The molecule has 0 aliphatic rings. The number of nitrogens with one attached hydrogen (secondary N) is 3. The molecule has 2 rings (SSSR count). The van der Waals surface area contributed by atoms with Crippen LogP contribution < -0.4 is 20.7 Å². The minimum atomic E-state index is -1.83. The smallest absolute Gasteiger partial charge is 0.252 e. The zero-order chi connectivity index (χ0) is 19.2. The van der Waals surface area contributed by atoms with Crippen LogP contribution in [0.15, 0.2) is 54.6 Å². The molecular weight excluding hydrogens is 417 g/mol. The summed E-state index contributed by atoms with van der Waals surface area (Å²) in [6.45, 7) is 0. The first kappa shape index (κ1) is 20.6. The molecule has 0 aliphatic heterocycles. The fourth-order valence-corrected chi connectivity index (χ4v) is 2.54. The molecule has 0 radical (unpaired) electrons. The van der Waals surface area contributed by atoms with Crippen molar-refractivity contribution in [3.05, 3.63) is 60.2 Å². The minimum Gasteiger partial charge on any atom is -0.497 e. The van der Waals surface area contributed by atoms with E-state index in [1.807, 2.05) is 30.3 Å². The topological polar surface area (TPSA) is 62.4 Å². The lowest BCUT2D eigenvalue weighted by Gasteiger charge is -2.27. The predicted molar refractivity (Wildman–Crippen MR) is 110 cm³/mol. The minimum absolute atomic E-state index is 0.197. The number of para-hydroxylation sites is 1. The largest absolute Gasteiger partial charge is 0.497 e. The van der Waals surface area contributed by atoms with E-state index in [-0.39, 0.29) is 5.11 Å². The second-order valence-corrected chi connectivity index (χ2v) is 7.92. The second-order valence-electron chi connectivity index (χ2n) is 5.14. The lowest BCUT2D eigenvalue weighted by atomic mass is 10.2. The van der Waals surface area contributed by atoms with Crippen LogP contribution in [0.3, 0.4) is 0 Å². The van der Waals surface area contributed by atoms with Crippen molar-refractivity contribution in [2.45, 2.75) is 9.96 Å². The Labute approximate surface area is 172 Å². The van der Waals surface area contributed by atoms with Crippen LogP contribution in [-0.2, 0) is 0 Å². The highest BCUT2D eigenvalue weighted by Crippen LogP contribution is 2.29. The first-order valence-corrected chi connectivity index (χ1v) is 8.98. The van der Waals surface area contributed by atoms with Crippen molar-refractivity contribution in [1.82, 2.24) is 10.6 Å². The summed E-state index contributed by atoms with van der Waals surface area (Å²) in [7, 11) is 1.54. The van der Waals surface area contributed by atoms with E-state index in [0.29, 0.717) is 11.3 Å². The first-order valence-electron chi connectivity index (χ1n) is 7.44. The van der Waals surface area contributed by atoms with Gasteiger partial charge < -0.3 is 20.7 Å². The van der Waals surface area contributed by atoms with E-state index in [1.54, 1.807) is 31.4 Å². The third kappa shape index (κ3) is 6.21. The molecule has 0 saturated heterocycles. The number of carbonyl (C=O) groups excluding carboxylic acids is 1. The van der Waals surface area contributed by atoms with Crippen LogP contribution in [0.2, 0.25) is 0 Å². The molecule has 2 aromatic rings. The molecule has 2 aromatic carbocycles. The molecule has 0 bridgehead atoms. The van der Waals surface area contributed by atoms with Gasteiger partial charge >= 0.3 is 0 Å². The molecule has 1 atom stereocenters. The highest BCUT2D eigenvalue weighted by atomic mass is 35.6. The van der Waals surface area contributed by atoms with Gasteiger partial charge in [-0.1, -0.05) is 53.0 Å². The molecule has 0 aliphatic carbocycles. The Bertz CT molecular complexity index is 752. The van der Waals surface area contributed by atoms with Crippen molar-refractivity contribution in [2.24, 2.45) is 0 Å². The van der Waals surface area contributed by atoms with Crippen LogP contribution in [0.1, 0.15) is 10.4 Å². The molecule has 0 spiro atoms. The number of halogens is 3. The van der Waals surface area contributed by atoms with Crippen LogP contribution in [0.25, 0.3) is 0 Å². The van der Waals surface area contributed by atoms with Crippen molar-refractivity contribution in [1.29, 1.82) is 0 Å². The molecule has 1 amide bonds. The number of carbonyl (C=O) groups is 1. The van der Waals surface area contributed by atoms with Crippen LogP contribution in [0, 0.1) is 0 Å². The number of alkyl halides is 3. The van der Waals surface area contributed by atoms with Gasteiger partial charge in [-0.15, -0.1) is 0 Å². The molecule has 1 unspecified atom stereocenters. The van der Waals surface area contributed by atoms with Gasteiger partial charge in [0.05, 0.1) is 7.11 Å². The second kappa shape index (κ2) is 9.28. The summed E-state index contributed by atoms with van der Waals surface area (Å²) < 4.78 is 3.23. The van der Waals surface area contributed by atoms with Crippen LogP contribution in [0.4, 0.5) is 5.69 Å². The number of anilines is 1. The number of ether oxygens (including phenoxy) is 1. The number of benzene rings is 2. The summed E-state index contributed by atoms with van der Waals surface area (Å²) in [5.41, 5.74) is 1.14. The maximum absolute atomic E-state index is 12.4. The molecule has 0 heterocycles. The van der Waals surface area contributed by atoms with E-state index in [0.717, 1.165) is 5.69 Å². The van der Waals surface area contributed by atoms with Crippen LogP contribution in [0.5, 0.6) is 5.75 Å². The fraction of sp³-hybridized carbons (Fsp3) is 0.176. The SMILES string of the molecule is COc1ccc(C(=O)NC(NC(=S)Nc2ccccc2)C(Cl)(Cl)Cl)cc1. The van der Waals surface area contributed by atoms with Gasteiger partial charge in [0.1, 0.15) is 11.9 Å². The summed E-state index contributed by atoms with van der Waals surface area (Å²) in [6, 6.07) is 15.8. The van der Waals surface area contributed by atoms with E-state index in [2.05, 4.69) is 16.0 Å². The Kier molecular flexibility index (Phi) is 7.34. The first-order chi connectivity index (χ1) is 12.3. The van der Waals surface area contributed by atoms with E-state index in [9.17, 15) is 4.79 Å². The average molecular weight is 433 g/mol. The van der Waals surface area contributed by atoms with Crippen molar-refractivity contribution in [3.63, 3.8) is 0 Å². The molecule has 0 aromatic heterocycles. The third-order valence-corrected chi connectivity index (χ3v) is 4.14. The number of hydrogen-bond acceptors (Lipinski definition) is 3. The summed E-state index contributed by atoms with van der Waals surface area (Å²) >= 11 is 23.1. The Balaban J connectivity index is 2.04. The Hall–Kier alpha value is -1.73. The number of rotatable bonds is 5. The van der Waals surface area contributed by atoms with Gasteiger partial charge in [-0.3, -0.25) is 4.79 Å². The lowest BCUT2D eigenvalue weighted by Crippen LogP contribution is -2.56. The van der Waals surface area contributed by atoms with E-state index >= 15 is 0 Å².